The quantitative estimate of drug-likeness (QED) is 0.769. The molecular formula is C26H32N4O2. The highest BCUT2D eigenvalue weighted by Crippen LogP contribution is 2.47. The summed E-state index contributed by atoms with van der Waals surface area (Å²) < 4.78 is 0. The van der Waals surface area contributed by atoms with E-state index in [2.05, 4.69) is 65.0 Å². The number of carbonyl (C=O) groups excluding carboxylic acids is 2. The van der Waals surface area contributed by atoms with E-state index in [-0.39, 0.29) is 17.9 Å². The second-order valence-corrected chi connectivity index (χ2v) is 10.1. The van der Waals surface area contributed by atoms with Crippen molar-refractivity contribution >= 4 is 17.9 Å². The Morgan fingerprint density at radius 3 is 2.78 bits per heavy atom. The van der Waals surface area contributed by atoms with E-state index in [4.69, 9.17) is 0 Å². The number of allylic oxidation sites excluding steroid dienone is 1. The molecule has 2 N–H and O–H groups in total. The molecule has 1 aromatic carbocycles. The highest BCUT2D eigenvalue weighted by atomic mass is 16.2. The summed E-state index contributed by atoms with van der Waals surface area (Å²) in [5.41, 5.74) is 3.72. The highest BCUT2D eigenvalue weighted by Gasteiger charge is 2.51. The summed E-state index contributed by atoms with van der Waals surface area (Å²) in [6.45, 7) is 8.32. The number of amides is 2. The van der Waals surface area contributed by atoms with E-state index in [1.165, 1.54) is 11.1 Å². The van der Waals surface area contributed by atoms with E-state index in [9.17, 15) is 9.59 Å². The number of benzene rings is 1. The predicted molar refractivity (Wildman–Crippen MR) is 126 cm³/mol. The number of nitrogens with zero attached hydrogens (tertiary/aromatic N) is 2. The number of carbonyl (C=O) groups is 2. The molecule has 1 saturated heterocycles. The molecule has 1 aromatic rings. The van der Waals surface area contributed by atoms with Gasteiger partial charge in [-0.1, -0.05) is 42.5 Å². The number of hydrogen-bond donors (Lipinski definition) is 2. The standard InChI is InChI=1S/C26H32N4O2/c1-17-16-29(4)25(2,3)24(32)30(17)12-6-7-18-9-10-19-14-26(15-20(19)13-18)21-8-5-11-27-22(21)28-23(26)31/h5-10,13,17,27H,11-12,14-16H2,1-4H3,(H,28,31)/b7-6+/t17-,26+/m0/s1. The molecule has 6 nitrogen and oxygen atoms in total. The van der Waals surface area contributed by atoms with Crippen molar-refractivity contribution in [2.75, 3.05) is 26.7 Å². The van der Waals surface area contributed by atoms with Gasteiger partial charge in [0.05, 0.1) is 11.0 Å². The molecule has 0 saturated carbocycles. The number of nitrogens with one attached hydrogen (secondary N) is 2. The van der Waals surface area contributed by atoms with Crippen LogP contribution < -0.4 is 10.6 Å². The lowest BCUT2D eigenvalue weighted by molar-refractivity contribution is -0.150. The van der Waals surface area contributed by atoms with Crippen molar-refractivity contribution in [3.63, 3.8) is 0 Å². The molecule has 1 spiro atoms. The third kappa shape index (κ3) is 3.12. The van der Waals surface area contributed by atoms with Gasteiger partial charge in [-0.05, 0) is 57.4 Å². The van der Waals surface area contributed by atoms with Crippen LogP contribution in [0.1, 0.15) is 37.5 Å². The van der Waals surface area contributed by atoms with Gasteiger partial charge >= 0.3 is 0 Å². The van der Waals surface area contributed by atoms with Crippen LogP contribution in [0.25, 0.3) is 6.08 Å². The Hall–Kier alpha value is -2.86. The molecule has 0 aromatic heterocycles. The molecular weight excluding hydrogens is 400 g/mol. The van der Waals surface area contributed by atoms with Crippen LogP contribution in [0, 0.1) is 5.41 Å². The molecule has 1 fully saturated rings. The summed E-state index contributed by atoms with van der Waals surface area (Å²) in [7, 11) is 2.02. The number of dihydropyridines is 1. The molecule has 3 heterocycles. The minimum Gasteiger partial charge on any atom is -0.368 e. The molecule has 2 amide bonds. The van der Waals surface area contributed by atoms with Gasteiger partial charge in [0.15, 0.2) is 0 Å². The summed E-state index contributed by atoms with van der Waals surface area (Å²) in [6.07, 6.45) is 9.83. The molecule has 32 heavy (non-hydrogen) atoms. The summed E-state index contributed by atoms with van der Waals surface area (Å²) >= 11 is 0. The molecule has 6 heteroatoms. The van der Waals surface area contributed by atoms with E-state index >= 15 is 0 Å². The smallest absolute Gasteiger partial charge is 0.243 e. The molecule has 3 aliphatic heterocycles. The number of fused-ring (bicyclic) bond motifs is 2. The van der Waals surface area contributed by atoms with Crippen molar-refractivity contribution < 1.29 is 9.59 Å². The Bertz CT molecular complexity index is 1080. The minimum atomic E-state index is -0.489. The molecule has 1 aliphatic carbocycles. The predicted octanol–water partition coefficient (Wildman–Crippen LogP) is 2.23. The lowest BCUT2D eigenvalue weighted by Gasteiger charge is -2.47. The van der Waals surface area contributed by atoms with Gasteiger partial charge < -0.3 is 15.5 Å². The van der Waals surface area contributed by atoms with Crippen molar-refractivity contribution in [2.24, 2.45) is 5.41 Å². The van der Waals surface area contributed by atoms with E-state index in [1.54, 1.807) is 0 Å². The lowest BCUT2D eigenvalue weighted by atomic mass is 9.78. The molecule has 2 atom stereocenters. The van der Waals surface area contributed by atoms with Gasteiger partial charge in [0, 0.05) is 31.2 Å². The fraction of sp³-hybridized carbons (Fsp3) is 0.462. The highest BCUT2D eigenvalue weighted by molar-refractivity contribution is 5.93. The molecule has 0 bridgehead atoms. The molecule has 5 rings (SSSR count). The Morgan fingerprint density at radius 1 is 1.19 bits per heavy atom. The Kier molecular flexibility index (Phi) is 4.82. The first-order valence-electron chi connectivity index (χ1n) is 11.5. The third-order valence-electron chi connectivity index (χ3n) is 7.78. The van der Waals surface area contributed by atoms with Crippen molar-refractivity contribution in [1.82, 2.24) is 20.4 Å². The average molecular weight is 433 g/mol. The van der Waals surface area contributed by atoms with Crippen LogP contribution >= 0.6 is 0 Å². The van der Waals surface area contributed by atoms with Gasteiger partial charge in [0.2, 0.25) is 11.8 Å². The van der Waals surface area contributed by atoms with Gasteiger partial charge in [-0.2, -0.15) is 0 Å². The van der Waals surface area contributed by atoms with Gasteiger partial charge in [-0.25, -0.2) is 0 Å². The monoisotopic (exact) mass is 432 g/mol. The largest absolute Gasteiger partial charge is 0.368 e. The molecule has 168 valence electrons. The van der Waals surface area contributed by atoms with E-state index < -0.39 is 11.0 Å². The first kappa shape index (κ1) is 21.0. The van der Waals surface area contributed by atoms with Gasteiger partial charge in [0.1, 0.15) is 5.82 Å². The van der Waals surface area contributed by atoms with Crippen LogP contribution in [-0.4, -0.2) is 59.9 Å². The summed E-state index contributed by atoms with van der Waals surface area (Å²) in [5.74, 6) is 1.14. The van der Waals surface area contributed by atoms with Crippen LogP contribution in [0.15, 0.2) is 47.8 Å². The van der Waals surface area contributed by atoms with Crippen molar-refractivity contribution in [1.29, 1.82) is 0 Å². The maximum absolute atomic E-state index is 13.0. The average Bonchev–Trinajstić information content (AvgIpc) is 3.27. The number of rotatable bonds is 3. The number of hydrogen-bond acceptors (Lipinski definition) is 4. The second kappa shape index (κ2) is 7.34. The fourth-order valence-electron chi connectivity index (χ4n) is 5.54. The molecule has 0 radical (unpaired) electrons. The zero-order valence-corrected chi connectivity index (χ0v) is 19.4. The lowest BCUT2D eigenvalue weighted by Crippen LogP contribution is -2.64. The maximum atomic E-state index is 13.0. The topological polar surface area (TPSA) is 64.7 Å². The van der Waals surface area contributed by atoms with Gasteiger partial charge in [-0.15, -0.1) is 0 Å². The van der Waals surface area contributed by atoms with Crippen LogP contribution in [0.4, 0.5) is 0 Å². The van der Waals surface area contributed by atoms with E-state index in [0.717, 1.165) is 42.9 Å². The first-order chi connectivity index (χ1) is 15.2. The van der Waals surface area contributed by atoms with Crippen LogP contribution in [0.2, 0.25) is 0 Å². The van der Waals surface area contributed by atoms with Crippen molar-refractivity contribution in [2.45, 2.75) is 45.2 Å². The van der Waals surface area contributed by atoms with Crippen molar-refractivity contribution in [3.8, 4) is 0 Å². The van der Waals surface area contributed by atoms with E-state index in [0.29, 0.717) is 6.54 Å². The third-order valence-corrected chi connectivity index (χ3v) is 7.78. The summed E-state index contributed by atoms with van der Waals surface area (Å²) in [6, 6.07) is 6.66. The molecule has 4 aliphatic rings. The summed E-state index contributed by atoms with van der Waals surface area (Å²) in [5, 5.41) is 6.34. The Morgan fingerprint density at radius 2 is 1.97 bits per heavy atom. The van der Waals surface area contributed by atoms with Crippen molar-refractivity contribution in [3.05, 3.63) is 64.5 Å². The minimum absolute atomic E-state index is 0.0972. The number of likely N-dealkylation sites (N-methyl/N-ethyl adjacent to an activating group) is 1. The van der Waals surface area contributed by atoms with Crippen LogP contribution in [0.3, 0.4) is 0 Å². The molecule has 0 unspecified atom stereocenters. The zero-order chi connectivity index (χ0) is 22.7. The Labute approximate surface area is 190 Å². The summed E-state index contributed by atoms with van der Waals surface area (Å²) in [4.78, 5) is 30.0. The normalized spacial score (nSPS) is 29.0. The van der Waals surface area contributed by atoms with E-state index in [1.807, 2.05) is 25.8 Å². The van der Waals surface area contributed by atoms with Gasteiger partial charge in [-0.3, -0.25) is 14.5 Å². The second-order valence-electron chi connectivity index (χ2n) is 10.1. The Balaban J connectivity index is 1.32. The maximum Gasteiger partial charge on any atom is 0.243 e. The van der Waals surface area contributed by atoms with Crippen LogP contribution in [0.5, 0.6) is 0 Å². The SMILES string of the molecule is C[C@H]1CN(C)C(C)(C)C(=O)N1C/C=C/c1ccc2c(c1)C[C@@]1(C2)C(=O)NC2=C1C=CCN2. The zero-order valence-electron chi connectivity index (χ0n) is 19.4. The first-order valence-corrected chi connectivity index (χ1v) is 11.5. The van der Waals surface area contributed by atoms with Crippen LogP contribution in [-0.2, 0) is 22.4 Å². The van der Waals surface area contributed by atoms with Gasteiger partial charge in [0.25, 0.3) is 0 Å². The fourth-order valence-corrected chi connectivity index (χ4v) is 5.54. The number of piperazine rings is 1.